The summed E-state index contributed by atoms with van der Waals surface area (Å²) in [5.41, 5.74) is 8.12. The molecule has 3 unspecified atom stereocenters. The van der Waals surface area contributed by atoms with Crippen molar-refractivity contribution in [2.75, 3.05) is 6.54 Å². The number of nitrogens with two attached hydrogens (primary N) is 1. The molecule has 1 aromatic carbocycles. The number of carbonyl (C=O) groups excluding carboxylic acids is 2. The van der Waals surface area contributed by atoms with Crippen LogP contribution >= 0.6 is 0 Å². The Morgan fingerprint density at radius 2 is 1.96 bits per heavy atom. The molecular formula is C22H27N3O3. The molecule has 0 spiro atoms. The Kier molecular flexibility index (Phi) is 4.96. The van der Waals surface area contributed by atoms with Crippen LogP contribution < -0.4 is 5.73 Å². The molecule has 3 heterocycles. The van der Waals surface area contributed by atoms with Crippen LogP contribution in [-0.4, -0.2) is 34.3 Å². The van der Waals surface area contributed by atoms with Crippen LogP contribution in [0.15, 0.2) is 35.1 Å². The van der Waals surface area contributed by atoms with Crippen molar-refractivity contribution in [1.29, 1.82) is 0 Å². The van der Waals surface area contributed by atoms with Crippen molar-refractivity contribution >= 4 is 11.8 Å². The van der Waals surface area contributed by atoms with Gasteiger partial charge in [-0.05, 0) is 42.2 Å². The lowest BCUT2D eigenvalue weighted by Crippen LogP contribution is -2.40. The molecule has 28 heavy (non-hydrogen) atoms. The fourth-order valence-electron chi connectivity index (χ4n) is 4.68. The number of nitrogens with zero attached hydrogens (tertiary/aromatic N) is 2. The Morgan fingerprint density at radius 3 is 2.64 bits per heavy atom. The molecule has 3 aliphatic rings. The fourth-order valence-corrected chi connectivity index (χ4v) is 4.68. The van der Waals surface area contributed by atoms with Gasteiger partial charge in [-0.2, -0.15) is 0 Å². The molecule has 2 saturated heterocycles. The molecule has 0 radical (unpaired) electrons. The van der Waals surface area contributed by atoms with E-state index < -0.39 is 5.91 Å². The smallest absolute Gasteiger partial charge is 0.270 e. The lowest BCUT2D eigenvalue weighted by atomic mass is 9.72. The van der Waals surface area contributed by atoms with E-state index in [1.165, 1.54) is 17.5 Å². The molecule has 6 heteroatoms. The summed E-state index contributed by atoms with van der Waals surface area (Å²) in [6.07, 6.45) is 4.54. The Labute approximate surface area is 165 Å². The second-order valence-electron chi connectivity index (χ2n) is 8.48. The molecule has 2 aliphatic heterocycles. The van der Waals surface area contributed by atoms with Crippen LogP contribution in [0.2, 0.25) is 0 Å². The van der Waals surface area contributed by atoms with Crippen LogP contribution in [0.25, 0.3) is 0 Å². The summed E-state index contributed by atoms with van der Waals surface area (Å²) in [5, 5.41) is 0. The zero-order valence-electron chi connectivity index (χ0n) is 16.4. The SMILES string of the molecule is CC(C)Cc1ccc(CCC(=O)N2CC3CC2C3c2ocnc2C(N)=O)cc1. The summed E-state index contributed by atoms with van der Waals surface area (Å²) in [6, 6.07) is 8.68. The molecule has 1 saturated carbocycles. The van der Waals surface area contributed by atoms with Crippen molar-refractivity contribution in [3.63, 3.8) is 0 Å². The molecule has 2 N–H and O–H groups in total. The molecule has 1 aliphatic carbocycles. The third kappa shape index (κ3) is 3.43. The Bertz CT molecular complexity index is 871. The first-order valence-corrected chi connectivity index (χ1v) is 10.0. The van der Waals surface area contributed by atoms with Gasteiger partial charge in [-0.1, -0.05) is 38.1 Å². The highest BCUT2D eigenvalue weighted by Crippen LogP contribution is 2.53. The molecule has 5 rings (SSSR count). The number of aryl methyl sites for hydroxylation is 1. The van der Waals surface area contributed by atoms with Gasteiger partial charge in [0.25, 0.3) is 5.91 Å². The molecule has 2 amide bonds. The number of hydrogen-bond acceptors (Lipinski definition) is 4. The van der Waals surface area contributed by atoms with Crippen molar-refractivity contribution in [2.45, 2.75) is 51.5 Å². The van der Waals surface area contributed by atoms with Gasteiger partial charge in [-0.3, -0.25) is 9.59 Å². The Morgan fingerprint density at radius 1 is 1.25 bits per heavy atom. The lowest BCUT2D eigenvalue weighted by Gasteiger charge is -2.35. The number of oxazole rings is 1. The second-order valence-corrected chi connectivity index (χ2v) is 8.48. The van der Waals surface area contributed by atoms with Crippen LogP contribution in [0.1, 0.15) is 60.0 Å². The number of carbonyl (C=O) groups is 2. The molecule has 6 nitrogen and oxygen atoms in total. The molecule has 2 aromatic rings. The molecular weight excluding hydrogens is 354 g/mol. The number of primary amides is 1. The normalized spacial score (nSPS) is 23.1. The summed E-state index contributed by atoms with van der Waals surface area (Å²) in [4.78, 5) is 30.2. The van der Waals surface area contributed by atoms with Gasteiger partial charge in [-0.25, -0.2) is 4.98 Å². The summed E-state index contributed by atoms with van der Waals surface area (Å²) in [7, 11) is 0. The van der Waals surface area contributed by atoms with Crippen molar-refractivity contribution in [3.05, 3.63) is 53.2 Å². The van der Waals surface area contributed by atoms with Crippen LogP contribution in [0.5, 0.6) is 0 Å². The van der Waals surface area contributed by atoms with E-state index in [1.54, 1.807) is 0 Å². The van der Waals surface area contributed by atoms with E-state index in [-0.39, 0.29) is 23.6 Å². The van der Waals surface area contributed by atoms with Gasteiger partial charge in [0.1, 0.15) is 5.76 Å². The lowest BCUT2D eigenvalue weighted by molar-refractivity contribution is -0.131. The monoisotopic (exact) mass is 381 g/mol. The zero-order chi connectivity index (χ0) is 19.8. The van der Waals surface area contributed by atoms with Crippen molar-refractivity contribution in [1.82, 2.24) is 9.88 Å². The highest BCUT2D eigenvalue weighted by atomic mass is 16.3. The average molecular weight is 381 g/mol. The topological polar surface area (TPSA) is 89.4 Å². The van der Waals surface area contributed by atoms with Crippen LogP contribution in [0, 0.1) is 11.8 Å². The summed E-state index contributed by atoms with van der Waals surface area (Å²) in [5.74, 6) is 1.15. The fraction of sp³-hybridized carbons (Fsp3) is 0.500. The van der Waals surface area contributed by atoms with Gasteiger partial charge in [-0.15, -0.1) is 0 Å². The van der Waals surface area contributed by atoms with E-state index in [1.807, 2.05) is 4.90 Å². The first kappa shape index (κ1) is 18.7. The van der Waals surface area contributed by atoms with Gasteiger partial charge in [0.2, 0.25) is 5.91 Å². The van der Waals surface area contributed by atoms with Gasteiger partial charge in [0.05, 0.1) is 0 Å². The molecule has 2 bridgehead atoms. The summed E-state index contributed by atoms with van der Waals surface area (Å²) >= 11 is 0. The highest BCUT2D eigenvalue weighted by molar-refractivity contribution is 5.92. The van der Waals surface area contributed by atoms with Gasteiger partial charge in [0.15, 0.2) is 12.1 Å². The predicted molar refractivity (Wildman–Crippen MR) is 105 cm³/mol. The minimum atomic E-state index is -0.575. The van der Waals surface area contributed by atoms with E-state index in [0.717, 1.165) is 25.8 Å². The second kappa shape index (κ2) is 7.41. The third-order valence-electron chi connectivity index (χ3n) is 6.04. The first-order chi connectivity index (χ1) is 13.4. The van der Waals surface area contributed by atoms with E-state index in [4.69, 9.17) is 10.2 Å². The molecule has 3 fully saturated rings. The van der Waals surface area contributed by atoms with Crippen molar-refractivity contribution < 1.29 is 14.0 Å². The van der Waals surface area contributed by atoms with Crippen molar-refractivity contribution in [3.8, 4) is 0 Å². The van der Waals surface area contributed by atoms with Crippen molar-refractivity contribution in [2.24, 2.45) is 17.6 Å². The number of amides is 2. The number of fused-ring (bicyclic) bond motifs is 1. The summed E-state index contributed by atoms with van der Waals surface area (Å²) in [6.45, 7) is 5.15. The van der Waals surface area contributed by atoms with Gasteiger partial charge >= 0.3 is 0 Å². The maximum Gasteiger partial charge on any atom is 0.270 e. The van der Waals surface area contributed by atoms with E-state index in [2.05, 4.69) is 43.1 Å². The zero-order valence-corrected chi connectivity index (χ0v) is 16.4. The summed E-state index contributed by atoms with van der Waals surface area (Å²) < 4.78 is 5.46. The number of aromatic nitrogens is 1. The molecule has 1 aromatic heterocycles. The van der Waals surface area contributed by atoms with Crippen LogP contribution in [-0.2, 0) is 17.6 Å². The number of rotatable bonds is 7. The molecule has 3 atom stereocenters. The maximum absolute atomic E-state index is 12.8. The van der Waals surface area contributed by atoms with E-state index in [9.17, 15) is 9.59 Å². The predicted octanol–water partition coefficient (Wildman–Crippen LogP) is 2.92. The Hall–Kier alpha value is -2.63. The minimum Gasteiger partial charge on any atom is -0.447 e. The highest BCUT2D eigenvalue weighted by Gasteiger charge is 2.56. The quantitative estimate of drug-likeness (QED) is 0.798. The maximum atomic E-state index is 12.8. The average Bonchev–Trinajstić information content (AvgIpc) is 3.35. The van der Waals surface area contributed by atoms with Crippen LogP contribution in [0.3, 0.4) is 0 Å². The van der Waals surface area contributed by atoms with Gasteiger partial charge < -0.3 is 15.1 Å². The largest absolute Gasteiger partial charge is 0.447 e. The number of hydrogen-bond donors (Lipinski definition) is 1. The van der Waals surface area contributed by atoms with E-state index in [0.29, 0.717) is 24.0 Å². The standard InChI is InChI=1S/C22H27N3O3/c1-13(2)9-15-5-3-14(4-6-15)7-8-18(26)25-11-16-10-17(25)19(16)21-20(22(23)27)24-12-28-21/h3-6,12-13,16-17,19H,7-11H2,1-2H3,(H2,23,27). The van der Waals surface area contributed by atoms with E-state index >= 15 is 0 Å². The number of benzene rings is 1. The molecule has 148 valence electrons. The first-order valence-electron chi connectivity index (χ1n) is 10.0. The van der Waals surface area contributed by atoms with Gasteiger partial charge in [0, 0.05) is 24.9 Å². The van der Waals surface area contributed by atoms with Crippen LogP contribution in [0.4, 0.5) is 0 Å². The third-order valence-corrected chi connectivity index (χ3v) is 6.04. The Balaban J connectivity index is 1.35. The minimum absolute atomic E-state index is 0.0456.